The average Bonchev–Trinajstić information content (AvgIpc) is 2.28. The minimum Gasteiger partial charge on any atom is -0.473 e. The molecule has 0 bridgehead atoms. The molecule has 0 spiro atoms. The quantitative estimate of drug-likeness (QED) is 0.747. The molecule has 0 saturated heterocycles. The number of nitrogens with zero attached hydrogens (tertiary/aromatic N) is 3. The maximum atomic E-state index is 11.0. The number of amides is 1. The van der Waals surface area contributed by atoms with Crippen LogP contribution in [0, 0.1) is 0 Å². The van der Waals surface area contributed by atoms with Crippen molar-refractivity contribution in [2.45, 2.75) is 26.9 Å². The summed E-state index contributed by atoms with van der Waals surface area (Å²) in [4.78, 5) is 20.7. The highest BCUT2D eigenvalue weighted by atomic mass is 16.5. The minimum absolute atomic E-state index is 0.0405. The Hall–Kier alpha value is -2.05. The predicted octanol–water partition coefficient (Wildman–Crippen LogP) is 0.158. The van der Waals surface area contributed by atoms with Gasteiger partial charge in [-0.1, -0.05) is 0 Å². The second kappa shape index (κ2) is 6.04. The molecule has 0 saturated carbocycles. The van der Waals surface area contributed by atoms with E-state index in [4.69, 9.17) is 16.2 Å². The van der Waals surface area contributed by atoms with Crippen LogP contribution < -0.4 is 21.1 Å². The first-order valence-corrected chi connectivity index (χ1v) is 5.76. The zero-order chi connectivity index (χ0) is 13.7. The number of carbonyl (C=O) groups is 1. The molecule has 7 heteroatoms. The summed E-state index contributed by atoms with van der Waals surface area (Å²) in [6, 6.07) is 0. The summed E-state index contributed by atoms with van der Waals surface area (Å²) in [6.07, 6.45) is 1.31. The van der Waals surface area contributed by atoms with E-state index >= 15 is 0 Å². The summed E-state index contributed by atoms with van der Waals surface area (Å²) in [7, 11) is 0. The van der Waals surface area contributed by atoms with Gasteiger partial charge in [0.25, 0.3) is 0 Å². The molecule has 0 aliphatic carbocycles. The zero-order valence-electron chi connectivity index (χ0n) is 10.9. The summed E-state index contributed by atoms with van der Waals surface area (Å²) >= 11 is 0. The van der Waals surface area contributed by atoms with Crippen LogP contribution in [-0.4, -0.2) is 35.1 Å². The summed E-state index contributed by atoms with van der Waals surface area (Å²) in [5, 5.41) is 0. The summed E-state index contributed by atoms with van der Waals surface area (Å²) in [6.45, 7) is 6.25. The van der Waals surface area contributed by atoms with Crippen molar-refractivity contribution in [2.24, 2.45) is 5.73 Å². The van der Waals surface area contributed by atoms with Gasteiger partial charge in [0.05, 0.1) is 12.6 Å². The van der Waals surface area contributed by atoms with Crippen LogP contribution in [0.25, 0.3) is 0 Å². The van der Waals surface area contributed by atoms with E-state index in [9.17, 15) is 4.79 Å². The van der Waals surface area contributed by atoms with Crippen LogP contribution in [0.3, 0.4) is 0 Å². The Balaban J connectivity index is 3.04. The average molecular weight is 253 g/mol. The van der Waals surface area contributed by atoms with Crippen molar-refractivity contribution in [3.63, 3.8) is 0 Å². The van der Waals surface area contributed by atoms with E-state index in [0.29, 0.717) is 23.9 Å². The molecule has 1 aromatic heterocycles. The number of hydrogen-bond donors (Lipinski definition) is 2. The van der Waals surface area contributed by atoms with E-state index in [-0.39, 0.29) is 12.6 Å². The van der Waals surface area contributed by atoms with Crippen LogP contribution >= 0.6 is 0 Å². The molecule has 0 unspecified atom stereocenters. The van der Waals surface area contributed by atoms with Gasteiger partial charge in [0.15, 0.2) is 5.82 Å². The molecule has 0 aliphatic heterocycles. The van der Waals surface area contributed by atoms with Crippen molar-refractivity contribution >= 4 is 17.4 Å². The van der Waals surface area contributed by atoms with Gasteiger partial charge in [-0.15, -0.1) is 0 Å². The van der Waals surface area contributed by atoms with Gasteiger partial charge in [-0.2, -0.15) is 4.98 Å². The number of anilines is 2. The van der Waals surface area contributed by atoms with Gasteiger partial charge in [-0.05, 0) is 20.8 Å². The number of hydrogen-bond acceptors (Lipinski definition) is 6. The molecule has 1 heterocycles. The van der Waals surface area contributed by atoms with Crippen molar-refractivity contribution in [1.82, 2.24) is 9.97 Å². The number of primary amides is 1. The normalized spacial score (nSPS) is 10.4. The monoisotopic (exact) mass is 253 g/mol. The first kappa shape index (κ1) is 14.0. The summed E-state index contributed by atoms with van der Waals surface area (Å²) in [5.41, 5.74) is 11.4. The van der Waals surface area contributed by atoms with E-state index in [1.54, 1.807) is 4.90 Å². The lowest BCUT2D eigenvalue weighted by molar-refractivity contribution is -0.116. The smallest absolute Gasteiger partial charge is 0.242 e. The molecule has 4 N–H and O–H groups in total. The van der Waals surface area contributed by atoms with Gasteiger partial charge in [0.2, 0.25) is 11.8 Å². The Bertz CT molecular complexity index is 422. The number of nitrogens with two attached hydrogens (primary N) is 2. The third-order valence-corrected chi connectivity index (χ3v) is 2.20. The van der Waals surface area contributed by atoms with E-state index in [0.717, 1.165) is 0 Å². The third-order valence-electron chi connectivity index (χ3n) is 2.20. The van der Waals surface area contributed by atoms with Crippen LogP contribution in [0.2, 0.25) is 0 Å². The number of nitrogen functional groups attached to an aromatic ring is 1. The number of ether oxygens (including phenoxy) is 1. The molecular weight excluding hydrogens is 234 g/mol. The van der Waals surface area contributed by atoms with Gasteiger partial charge < -0.3 is 21.1 Å². The highest BCUT2D eigenvalue weighted by Gasteiger charge is 2.16. The molecule has 0 aromatic carbocycles. The SMILES string of the molecule is CCN(CC(N)=O)c1ncnc(OC(C)C)c1N. The molecule has 1 rings (SSSR count). The molecule has 100 valence electrons. The Morgan fingerprint density at radius 1 is 1.50 bits per heavy atom. The van der Waals surface area contributed by atoms with E-state index in [1.165, 1.54) is 6.33 Å². The molecule has 1 aromatic rings. The summed E-state index contributed by atoms with van der Waals surface area (Å²) in [5.74, 6) is 0.334. The maximum absolute atomic E-state index is 11.0. The molecule has 7 nitrogen and oxygen atoms in total. The third kappa shape index (κ3) is 3.47. The molecule has 0 fully saturated rings. The molecule has 18 heavy (non-hydrogen) atoms. The molecule has 0 radical (unpaired) electrons. The van der Waals surface area contributed by atoms with Crippen molar-refractivity contribution < 1.29 is 9.53 Å². The molecule has 0 atom stereocenters. The second-order valence-electron chi connectivity index (χ2n) is 4.06. The predicted molar refractivity (Wildman–Crippen MR) is 69.3 cm³/mol. The van der Waals surface area contributed by atoms with Crippen molar-refractivity contribution in [1.29, 1.82) is 0 Å². The zero-order valence-corrected chi connectivity index (χ0v) is 10.9. The Morgan fingerprint density at radius 3 is 2.67 bits per heavy atom. The van der Waals surface area contributed by atoms with Gasteiger partial charge >= 0.3 is 0 Å². The maximum Gasteiger partial charge on any atom is 0.242 e. The molecule has 1 amide bonds. The van der Waals surface area contributed by atoms with E-state index in [1.807, 2.05) is 20.8 Å². The number of rotatable bonds is 6. The van der Waals surface area contributed by atoms with E-state index in [2.05, 4.69) is 9.97 Å². The van der Waals surface area contributed by atoms with Crippen molar-refractivity contribution in [3.05, 3.63) is 6.33 Å². The van der Waals surface area contributed by atoms with Crippen LogP contribution in [-0.2, 0) is 4.79 Å². The Kier molecular flexibility index (Phi) is 4.70. The summed E-state index contributed by atoms with van der Waals surface area (Å²) < 4.78 is 5.47. The van der Waals surface area contributed by atoms with E-state index < -0.39 is 5.91 Å². The Morgan fingerprint density at radius 2 is 2.17 bits per heavy atom. The van der Waals surface area contributed by atoms with Gasteiger partial charge in [0, 0.05) is 6.54 Å². The van der Waals surface area contributed by atoms with Crippen LogP contribution in [0.4, 0.5) is 11.5 Å². The van der Waals surface area contributed by atoms with Crippen LogP contribution in [0.5, 0.6) is 5.88 Å². The number of aromatic nitrogens is 2. The topological polar surface area (TPSA) is 107 Å². The minimum atomic E-state index is -0.443. The fourth-order valence-corrected chi connectivity index (χ4v) is 1.46. The molecular formula is C11H19N5O2. The highest BCUT2D eigenvalue weighted by molar-refractivity contribution is 5.81. The van der Waals surface area contributed by atoms with Crippen molar-refractivity contribution in [3.8, 4) is 5.88 Å². The highest BCUT2D eigenvalue weighted by Crippen LogP contribution is 2.28. The number of likely N-dealkylation sites (N-methyl/N-ethyl adjacent to an activating group) is 1. The van der Waals surface area contributed by atoms with Gasteiger partial charge in [0.1, 0.15) is 12.0 Å². The first-order chi connectivity index (χ1) is 8.45. The largest absolute Gasteiger partial charge is 0.473 e. The van der Waals surface area contributed by atoms with Crippen molar-refractivity contribution in [2.75, 3.05) is 23.7 Å². The number of carbonyl (C=O) groups excluding carboxylic acids is 1. The van der Waals surface area contributed by atoms with Crippen LogP contribution in [0.1, 0.15) is 20.8 Å². The Labute approximate surface area is 106 Å². The lowest BCUT2D eigenvalue weighted by Gasteiger charge is -2.22. The first-order valence-electron chi connectivity index (χ1n) is 5.76. The standard InChI is InChI=1S/C11H19N5O2/c1-4-16(5-8(12)17)10-9(13)11(15-6-14-10)18-7(2)3/h6-7H,4-5,13H2,1-3H3,(H2,12,17). The second-order valence-corrected chi connectivity index (χ2v) is 4.06. The molecule has 0 aliphatic rings. The van der Waals surface area contributed by atoms with Gasteiger partial charge in [-0.3, -0.25) is 4.79 Å². The fraction of sp³-hybridized carbons (Fsp3) is 0.545. The lowest BCUT2D eigenvalue weighted by atomic mass is 10.3. The fourth-order valence-electron chi connectivity index (χ4n) is 1.46. The lowest BCUT2D eigenvalue weighted by Crippen LogP contribution is -2.34. The van der Waals surface area contributed by atoms with Crippen LogP contribution in [0.15, 0.2) is 6.33 Å². The van der Waals surface area contributed by atoms with Gasteiger partial charge in [-0.25, -0.2) is 4.98 Å².